The van der Waals surface area contributed by atoms with Gasteiger partial charge >= 0.3 is 6.18 Å². The van der Waals surface area contributed by atoms with Crippen LogP contribution in [0.15, 0.2) is 42.5 Å². The van der Waals surface area contributed by atoms with Crippen LogP contribution in [0.1, 0.15) is 48.0 Å². The van der Waals surface area contributed by atoms with Crippen molar-refractivity contribution in [1.29, 1.82) is 0 Å². The molecular weight excluding hydrogens is 400 g/mol. The normalized spacial score (nSPS) is 14.5. The molecule has 0 spiro atoms. The van der Waals surface area contributed by atoms with Crippen LogP contribution in [0.2, 0.25) is 0 Å². The van der Waals surface area contributed by atoms with Crippen molar-refractivity contribution < 1.29 is 27.2 Å². The molecule has 2 aromatic rings. The number of hydrogen-bond acceptors (Lipinski definition) is 3. The Morgan fingerprint density at radius 2 is 1.60 bits per heavy atom. The van der Waals surface area contributed by atoms with Crippen LogP contribution < -0.4 is 10.2 Å². The average molecular weight is 422 g/mol. The van der Waals surface area contributed by atoms with Crippen LogP contribution in [0.25, 0.3) is 0 Å². The zero-order valence-electron chi connectivity index (χ0n) is 16.3. The number of hydrogen-bond donors (Lipinski definition) is 1. The minimum Gasteiger partial charge on any atom is -0.370 e. The van der Waals surface area contributed by atoms with Crippen LogP contribution in [-0.4, -0.2) is 24.8 Å². The Morgan fingerprint density at radius 1 is 0.933 bits per heavy atom. The molecule has 0 saturated carbocycles. The van der Waals surface area contributed by atoms with E-state index >= 15 is 0 Å². The lowest BCUT2D eigenvalue weighted by atomic mass is 10.1. The smallest absolute Gasteiger partial charge is 0.370 e. The molecule has 4 nitrogen and oxygen atoms in total. The number of nitrogens with zero attached hydrogens (tertiary/aromatic N) is 1. The largest absolute Gasteiger partial charge is 0.416 e. The van der Waals surface area contributed by atoms with Crippen LogP contribution in [0, 0.1) is 5.82 Å². The Morgan fingerprint density at radius 3 is 2.23 bits per heavy atom. The maximum absolute atomic E-state index is 13.2. The molecule has 2 aromatic carbocycles. The number of rotatable bonds is 6. The first kappa shape index (κ1) is 21.8. The molecule has 1 heterocycles. The van der Waals surface area contributed by atoms with Crippen LogP contribution in [0.4, 0.5) is 28.9 Å². The van der Waals surface area contributed by atoms with Gasteiger partial charge in [0, 0.05) is 31.5 Å². The maximum atomic E-state index is 13.2. The molecule has 1 aliphatic rings. The predicted octanol–water partition coefficient (Wildman–Crippen LogP) is 5.44. The van der Waals surface area contributed by atoms with Crippen molar-refractivity contribution in [1.82, 2.24) is 0 Å². The number of carbonyl (C=O) groups is 2. The number of ketones is 1. The van der Waals surface area contributed by atoms with E-state index in [1.807, 2.05) is 4.90 Å². The van der Waals surface area contributed by atoms with E-state index in [0.717, 1.165) is 43.5 Å². The summed E-state index contributed by atoms with van der Waals surface area (Å²) in [7, 11) is 0. The van der Waals surface area contributed by atoms with E-state index < -0.39 is 23.5 Å². The number of carbonyl (C=O) groups excluding carboxylic acids is 2. The average Bonchev–Trinajstić information content (AvgIpc) is 2.72. The minimum absolute atomic E-state index is 0.0888. The van der Waals surface area contributed by atoms with Crippen molar-refractivity contribution >= 4 is 23.1 Å². The molecule has 0 aliphatic carbocycles. The molecule has 1 N–H and O–H groups in total. The van der Waals surface area contributed by atoms with Gasteiger partial charge in [0.1, 0.15) is 5.82 Å². The Bertz CT molecular complexity index is 904. The van der Waals surface area contributed by atoms with Gasteiger partial charge in [-0.2, -0.15) is 13.2 Å². The topological polar surface area (TPSA) is 49.4 Å². The number of amides is 1. The first-order valence-corrected chi connectivity index (χ1v) is 9.79. The van der Waals surface area contributed by atoms with Gasteiger partial charge in [-0.3, -0.25) is 9.59 Å². The van der Waals surface area contributed by atoms with Gasteiger partial charge < -0.3 is 10.2 Å². The van der Waals surface area contributed by atoms with Gasteiger partial charge in [0.05, 0.1) is 16.9 Å². The van der Waals surface area contributed by atoms with E-state index in [1.165, 1.54) is 18.2 Å². The van der Waals surface area contributed by atoms with E-state index in [2.05, 4.69) is 5.32 Å². The molecule has 1 saturated heterocycles. The van der Waals surface area contributed by atoms with Gasteiger partial charge in [0.2, 0.25) is 5.91 Å². The molecular formula is C22H22F4N2O2. The Labute approximate surface area is 171 Å². The quantitative estimate of drug-likeness (QED) is 0.498. The van der Waals surface area contributed by atoms with Gasteiger partial charge in [-0.05, 0) is 61.7 Å². The summed E-state index contributed by atoms with van der Waals surface area (Å²) in [5.41, 5.74) is 0.0603. The van der Waals surface area contributed by atoms with Crippen LogP contribution in [-0.2, 0) is 11.0 Å². The van der Waals surface area contributed by atoms with Crippen molar-refractivity contribution in [2.24, 2.45) is 0 Å². The summed E-state index contributed by atoms with van der Waals surface area (Å²) in [6, 6.07) is 8.30. The number of piperidine rings is 1. The molecule has 8 heteroatoms. The van der Waals surface area contributed by atoms with Crippen molar-refractivity contribution in [3.8, 4) is 0 Å². The van der Waals surface area contributed by atoms with E-state index in [1.54, 1.807) is 0 Å². The molecule has 0 atom stereocenters. The number of benzene rings is 2. The van der Waals surface area contributed by atoms with Gasteiger partial charge in [-0.25, -0.2) is 4.39 Å². The van der Waals surface area contributed by atoms with E-state index in [4.69, 9.17) is 0 Å². The molecule has 0 radical (unpaired) electrons. The lowest BCUT2D eigenvalue weighted by Gasteiger charge is -2.31. The number of nitrogens with one attached hydrogen (secondary N) is 1. The standard InChI is InChI=1S/C22H22F4N2O2/c23-17-7-4-15(5-8-17)20(29)10-11-21(30)27-18-14-16(22(24,25)26)6-9-19(18)28-12-2-1-3-13-28/h4-9,14H,1-3,10-13H2,(H,27,30). The highest BCUT2D eigenvalue weighted by Gasteiger charge is 2.32. The van der Waals surface area contributed by atoms with Crippen molar-refractivity contribution in [2.45, 2.75) is 38.3 Å². The summed E-state index contributed by atoms with van der Waals surface area (Å²) in [5, 5.41) is 2.54. The summed E-state index contributed by atoms with van der Waals surface area (Å²) in [6.45, 7) is 1.41. The van der Waals surface area contributed by atoms with Crippen LogP contribution in [0.3, 0.4) is 0 Å². The number of Topliss-reactive ketones (excluding diaryl/α,β-unsaturated/α-hetero) is 1. The second-order valence-corrected chi connectivity index (χ2v) is 7.26. The van der Waals surface area contributed by atoms with Crippen LogP contribution in [0.5, 0.6) is 0 Å². The summed E-state index contributed by atoms with van der Waals surface area (Å²) < 4.78 is 52.4. The molecule has 1 fully saturated rings. The third kappa shape index (κ3) is 5.58. The lowest BCUT2D eigenvalue weighted by molar-refractivity contribution is -0.137. The Kier molecular flexibility index (Phi) is 6.74. The molecule has 30 heavy (non-hydrogen) atoms. The fourth-order valence-corrected chi connectivity index (χ4v) is 3.44. The Balaban J connectivity index is 1.71. The van der Waals surface area contributed by atoms with E-state index in [0.29, 0.717) is 18.8 Å². The fraction of sp³-hybridized carbons (Fsp3) is 0.364. The molecule has 0 bridgehead atoms. The second kappa shape index (κ2) is 9.28. The highest BCUT2D eigenvalue weighted by molar-refractivity contribution is 6.01. The first-order chi connectivity index (χ1) is 14.2. The van der Waals surface area contributed by atoms with Gasteiger partial charge in [0.15, 0.2) is 5.78 Å². The van der Waals surface area contributed by atoms with Gasteiger partial charge in [-0.1, -0.05) is 0 Å². The third-order valence-corrected chi connectivity index (χ3v) is 5.04. The zero-order chi connectivity index (χ0) is 21.7. The minimum atomic E-state index is -4.53. The highest BCUT2D eigenvalue weighted by Crippen LogP contribution is 2.36. The zero-order valence-corrected chi connectivity index (χ0v) is 16.3. The van der Waals surface area contributed by atoms with Crippen molar-refractivity contribution in [2.75, 3.05) is 23.3 Å². The highest BCUT2D eigenvalue weighted by atomic mass is 19.4. The van der Waals surface area contributed by atoms with Gasteiger partial charge in [-0.15, -0.1) is 0 Å². The van der Waals surface area contributed by atoms with Crippen molar-refractivity contribution in [3.63, 3.8) is 0 Å². The van der Waals surface area contributed by atoms with E-state index in [-0.39, 0.29) is 29.9 Å². The molecule has 0 unspecified atom stereocenters. The SMILES string of the molecule is O=C(CCC(=O)c1ccc(F)cc1)Nc1cc(C(F)(F)F)ccc1N1CCCCC1. The predicted molar refractivity (Wildman–Crippen MR) is 106 cm³/mol. The number of halogens is 4. The lowest BCUT2D eigenvalue weighted by Crippen LogP contribution is -2.30. The molecule has 1 amide bonds. The maximum Gasteiger partial charge on any atom is 0.416 e. The van der Waals surface area contributed by atoms with E-state index in [9.17, 15) is 27.2 Å². The fourth-order valence-electron chi connectivity index (χ4n) is 3.44. The summed E-state index contributed by atoms with van der Waals surface area (Å²) in [4.78, 5) is 26.5. The second-order valence-electron chi connectivity index (χ2n) is 7.26. The molecule has 1 aliphatic heterocycles. The van der Waals surface area contributed by atoms with Crippen LogP contribution >= 0.6 is 0 Å². The molecule has 0 aromatic heterocycles. The first-order valence-electron chi connectivity index (χ1n) is 9.79. The summed E-state index contributed by atoms with van der Waals surface area (Å²) in [5.74, 6) is -1.37. The monoisotopic (exact) mass is 422 g/mol. The number of anilines is 2. The molecule has 3 rings (SSSR count). The number of alkyl halides is 3. The third-order valence-electron chi connectivity index (χ3n) is 5.04. The summed E-state index contributed by atoms with van der Waals surface area (Å²) >= 11 is 0. The Hall–Kier alpha value is -2.90. The summed E-state index contributed by atoms with van der Waals surface area (Å²) in [6.07, 6.45) is -1.93. The molecule has 160 valence electrons. The van der Waals surface area contributed by atoms with Crippen molar-refractivity contribution in [3.05, 3.63) is 59.4 Å². The van der Waals surface area contributed by atoms with Gasteiger partial charge in [0.25, 0.3) is 0 Å².